The number of ether oxygens (including phenoxy) is 1. The highest BCUT2D eigenvalue weighted by Crippen LogP contribution is 2.25. The third-order valence-electron chi connectivity index (χ3n) is 4.73. The molecule has 110 valence electrons. The fourth-order valence-electron chi connectivity index (χ4n) is 3.18. The molecule has 20 heavy (non-hydrogen) atoms. The Morgan fingerprint density at radius 1 is 1.10 bits per heavy atom. The highest BCUT2D eigenvalue weighted by Gasteiger charge is 2.35. The molecule has 1 aromatic carbocycles. The molecular weight excluding hydrogens is 262 g/mol. The van der Waals surface area contributed by atoms with Gasteiger partial charge in [-0.1, -0.05) is 57.1 Å². The minimum Gasteiger partial charge on any atom is -0.475 e. The van der Waals surface area contributed by atoms with Crippen molar-refractivity contribution in [2.45, 2.75) is 58.3 Å². The van der Waals surface area contributed by atoms with Crippen LogP contribution < -0.4 is 5.19 Å². The molecule has 2 rings (SSSR count). The van der Waals surface area contributed by atoms with Gasteiger partial charge in [0.15, 0.2) is 0 Å². The van der Waals surface area contributed by atoms with Crippen molar-refractivity contribution in [3.63, 3.8) is 0 Å². The Morgan fingerprint density at radius 2 is 1.70 bits per heavy atom. The van der Waals surface area contributed by atoms with Crippen molar-refractivity contribution in [2.75, 3.05) is 6.61 Å². The van der Waals surface area contributed by atoms with Gasteiger partial charge in [-0.25, -0.2) is 4.99 Å². The first kappa shape index (κ1) is 15.3. The van der Waals surface area contributed by atoms with E-state index in [2.05, 4.69) is 58.9 Å². The zero-order valence-corrected chi connectivity index (χ0v) is 14.5. The molecule has 0 saturated heterocycles. The van der Waals surface area contributed by atoms with Gasteiger partial charge in [-0.3, -0.25) is 0 Å². The van der Waals surface area contributed by atoms with Crippen molar-refractivity contribution < 1.29 is 4.74 Å². The lowest BCUT2D eigenvalue weighted by molar-refractivity contribution is 0.279. The maximum Gasteiger partial charge on any atom is 0.216 e. The Labute approximate surface area is 124 Å². The van der Waals surface area contributed by atoms with Crippen molar-refractivity contribution in [3.05, 3.63) is 29.8 Å². The van der Waals surface area contributed by atoms with Gasteiger partial charge in [-0.2, -0.15) is 0 Å². The molecule has 3 heteroatoms. The van der Waals surface area contributed by atoms with Crippen molar-refractivity contribution in [2.24, 2.45) is 4.99 Å². The van der Waals surface area contributed by atoms with E-state index in [-0.39, 0.29) is 5.54 Å². The van der Waals surface area contributed by atoms with E-state index in [0.717, 1.165) is 5.90 Å². The van der Waals surface area contributed by atoms with E-state index in [4.69, 9.17) is 9.73 Å². The van der Waals surface area contributed by atoms with Crippen LogP contribution in [0.4, 0.5) is 0 Å². The Morgan fingerprint density at radius 3 is 2.20 bits per heavy atom. The molecule has 0 aliphatic carbocycles. The maximum atomic E-state index is 5.90. The topological polar surface area (TPSA) is 21.6 Å². The summed E-state index contributed by atoms with van der Waals surface area (Å²) in [7, 11) is -1.41. The van der Waals surface area contributed by atoms with Crippen molar-refractivity contribution in [1.82, 2.24) is 0 Å². The molecule has 0 amide bonds. The predicted molar refractivity (Wildman–Crippen MR) is 89.8 cm³/mol. The number of aliphatic imine (C=N–C) groups is 1. The first-order valence-corrected chi connectivity index (χ1v) is 10.4. The van der Waals surface area contributed by atoms with Crippen LogP contribution in [-0.4, -0.2) is 26.1 Å². The summed E-state index contributed by atoms with van der Waals surface area (Å²) in [5.74, 6) is 0.859. The van der Waals surface area contributed by atoms with E-state index in [1.165, 1.54) is 28.9 Å². The van der Waals surface area contributed by atoms with Crippen LogP contribution in [0.15, 0.2) is 29.3 Å². The quantitative estimate of drug-likeness (QED) is 0.752. The largest absolute Gasteiger partial charge is 0.475 e. The molecule has 0 spiro atoms. The number of hydrogen-bond acceptors (Lipinski definition) is 2. The third-order valence-corrected chi connectivity index (χ3v) is 10.4. The van der Waals surface area contributed by atoms with E-state index in [1.807, 2.05) is 0 Å². The second kappa shape index (κ2) is 5.72. The second-order valence-electron chi connectivity index (χ2n) is 6.40. The monoisotopic (exact) mass is 289 g/mol. The molecule has 1 aromatic rings. The highest BCUT2D eigenvalue weighted by atomic mass is 28.3. The highest BCUT2D eigenvalue weighted by molar-refractivity contribution is 6.92. The molecule has 0 radical (unpaired) electrons. The van der Waals surface area contributed by atoms with E-state index >= 15 is 0 Å². The summed E-state index contributed by atoms with van der Waals surface area (Å²) >= 11 is 0. The van der Waals surface area contributed by atoms with E-state index in [9.17, 15) is 0 Å². The molecule has 0 atom stereocenters. The van der Waals surface area contributed by atoms with Crippen LogP contribution in [0.25, 0.3) is 0 Å². The molecule has 1 aliphatic heterocycles. The minimum atomic E-state index is -1.41. The smallest absolute Gasteiger partial charge is 0.216 e. The Kier molecular flexibility index (Phi) is 4.38. The predicted octanol–water partition coefficient (Wildman–Crippen LogP) is 3.96. The molecule has 0 N–H and O–H groups in total. The minimum absolute atomic E-state index is 0.0860. The average Bonchev–Trinajstić information content (AvgIpc) is 2.82. The molecule has 0 bridgehead atoms. The van der Waals surface area contributed by atoms with Crippen LogP contribution in [0.1, 0.15) is 40.2 Å². The molecule has 1 aliphatic rings. The van der Waals surface area contributed by atoms with Crippen molar-refractivity contribution in [1.29, 1.82) is 0 Å². The normalized spacial score (nSPS) is 17.8. The number of benzene rings is 1. The Bertz CT molecular complexity index is 495. The van der Waals surface area contributed by atoms with Crippen LogP contribution in [0, 0.1) is 0 Å². The summed E-state index contributed by atoms with van der Waals surface area (Å²) in [6.07, 6.45) is 0. The zero-order valence-electron chi connectivity index (χ0n) is 13.5. The van der Waals surface area contributed by atoms with E-state index in [0.29, 0.717) is 6.61 Å². The molecule has 0 saturated carbocycles. The zero-order chi connectivity index (χ0) is 14.8. The molecular formula is C17H27NOSi. The fraction of sp³-hybridized carbons (Fsp3) is 0.588. The summed E-state index contributed by atoms with van der Waals surface area (Å²) in [6, 6.07) is 12.6. The molecule has 0 aromatic heterocycles. The van der Waals surface area contributed by atoms with Crippen molar-refractivity contribution >= 4 is 19.2 Å². The van der Waals surface area contributed by atoms with Gasteiger partial charge in [0.2, 0.25) is 5.90 Å². The summed E-state index contributed by atoms with van der Waals surface area (Å²) in [5, 5.41) is 1.53. The standard InChI is InChI=1S/C17H27NOSi/c1-6-20(7-2,8-3)15-12-10-9-11-14(15)16-18-17(4,5)13-19-16/h9-12H,6-8,13H2,1-5H3. The van der Waals surface area contributed by atoms with Gasteiger partial charge in [0.1, 0.15) is 6.61 Å². The lowest BCUT2D eigenvalue weighted by Crippen LogP contribution is -2.48. The van der Waals surface area contributed by atoms with Crippen LogP contribution in [0.2, 0.25) is 18.1 Å². The van der Waals surface area contributed by atoms with E-state index in [1.54, 1.807) is 0 Å². The lowest BCUT2D eigenvalue weighted by atomic mass is 10.1. The van der Waals surface area contributed by atoms with Gasteiger partial charge in [0, 0.05) is 5.56 Å². The van der Waals surface area contributed by atoms with Gasteiger partial charge in [-0.05, 0) is 25.1 Å². The summed E-state index contributed by atoms with van der Waals surface area (Å²) in [6.45, 7) is 12.0. The Hall–Kier alpha value is -1.09. The van der Waals surface area contributed by atoms with Crippen LogP contribution in [-0.2, 0) is 4.74 Å². The fourth-order valence-corrected chi connectivity index (χ4v) is 7.03. The number of rotatable bonds is 5. The van der Waals surface area contributed by atoms with Gasteiger partial charge in [0.25, 0.3) is 0 Å². The Balaban J connectivity index is 2.52. The summed E-state index contributed by atoms with van der Waals surface area (Å²) in [5.41, 5.74) is 1.16. The first-order valence-electron chi connectivity index (χ1n) is 7.80. The lowest BCUT2D eigenvalue weighted by Gasteiger charge is -2.30. The first-order chi connectivity index (χ1) is 9.48. The number of nitrogens with zero attached hydrogens (tertiary/aromatic N) is 1. The molecule has 1 heterocycles. The van der Waals surface area contributed by atoms with Gasteiger partial charge in [-0.15, -0.1) is 0 Å². The SMILES string of the molecule is CC[Si](CC)(CC)c1ccccc1C1=NC(C)(C)CO1. The van der Waals surface area contributed by atoms with Gasteiger partial charge < -0.3 is 4.74 Å². The van der Waals surface area contributed by atoms with Gasteiger partial charge in [0.05, 0.1) is 13.6 Å². The molecule has 0 unspecified atom stereocenters. The second-order valence-corrected chi connectivity index (χ2v) is 11.6. The van der Waals surface area contributed by atoms with Gasteiger partial charge >= 0.3 is 0 Å². The van der Waals surface area contributed by atoms with Crippen LogP contribution in [0.3, 0.4) is 0 Å². The van der Waals surface area contributed by atoms with Crippen molar-refractivity contribution in [3.8, 4) is 0 Å². The molecule has 0 fully saturated rings. The molecule has 2 nitrogen and oxygen atoms in total. The third kappa shape index (κ3) is 2.69. The summed E-state index contributed by atoms with van der Waals surface area (Å²) in [4.78, 5) is 4.78. The van der Waals surface area contributed by atoms with E-state index < -0.39 is 8.07 Å². The summed E-state index contributed by atoms with van der Waals surface area (Å²) < 4.78 is 5.90. The number of hydrogen-bond donors (Lipinski definition) is 0. The average molecular weight is 289 g/mol. The van der Waals surface area contributed by atoms with Crippen LogP contribution in [0.5, 0.6) is 0 Å². The maximum absolute atomic E-state index is 5.90. The van der Waals surface area contributed by atoms with Crippen LogP contribution >= 0.6 is 0 Å².